The summed E-state index contributed by atoms with van der Waals surface area (Å²) < 4.78 is 27.8. The third-order valence-corrected chi connectivity index (χ3v) is 8.58. The Morgan fingerprint density at radius 1 is 1.07 bits per heavy atom. The zero-order valence-corrected chi connectivity index (χ0v) is 24.7. The van der Waals surface area contributed by atoms with E-state index in [1.807, 2.05) is 24.3 Å². The number of piperidine rings is 1. The van der Waals surface area contributed by atoms with Crippen LogP contribution in [0.5, 0.6) is 5.88 Å². The number of methoxy groups -OCH3 is 1. The van der Waals surface area contributed by atoms with Gasteiger partial charge in [-0.15, -0.1) is 0 Å². The normalized spacial score (nSPS) is 16.0. The van der Waals surface area contributed by atoms with Gasteiger partial charge in [-0.05, 0) is 87.5 Å². The number of nitrogens with zero attached hydrogens (tertiary/aromatic N) is 5. The Hall–Kier alpha value is -4.13. The first kappa shape index (κ1) is 29.0. The van der Waals surface area contributed by atoms with E-state index in [2.05, 4.69) is 15.5 Å². The molecule has 1 aliphatic heterocycles. The molecule has 0 N–H and O–H groups in total. The Bertz CT molecular complexity index is 1680. The maximum absolute atomic E-state index is 14.3. The summed E-state index contributed by atoms with van der Waals surface area (Å²) in [6.45, 7) is 5.50. The summed E-state index contributed by atoms with van der Waals surface area (Å²) in [6.07, 6.45) is 4.22. The minimum Gasteiger partial charge on any atom is -0.473 e. The SMILES string of the molecule is COCCn1c(CN2CCC(c3cccc(OCc4ccc(C#N)cc4F)n3)CC2)nc2c(C3CC3)cc(C(C)=O)cc21. The predicted octanol–water partition coefficient (Wildman–Crippen LogP) is 6.13. The summed E-state index contributed by atoms with van der Waals surface area (Å²) in [6, 6.07) is 16.1. The van der Waals surface area contributed by atoms with E-state index in [9.17, 15) is 9.18 Å². The van der Waals surface area contributed by atoms with Crippen molar-refractivity contribution in [1.82, 2.24) is 19.4 Å². The number of fused-ring (bicyclic) bond motifs is 1. The minimum absolute atomic E-state index is 0.0485. The number of ether oxygens (including phenoxy) is 2. The van der Waals surface area contributed by atoms with E-state index in [4.69, 9.17) is 24.7 Å². The average molecular weight is 582 g/mol. The van der Waals surface area contributed by atoms with Gasteiger partial charge in [-0.3, -0.25) is 9.69 Å². The van der Waals surface area contributed by atoms with Crippen LogP contribution in [0.2, 0.25) is 0 Å². The van der Waals surface area contributed by atoms with E-state index in [1.165, 1.54) is 11.6 Å². The third-order valence-electron chi connectivity index (χ3n) is 8.58. The average Bonchev–Trinajstić information content (AvgIpc) is 3.81. The maximum atomic E-state index is 14.3. The molecule has 222 valence electrons. The fourth-order valence-corrected chi connectivity index (χ4v) is 5.97. The van der Waals surface area contributed by atoms with E-state index >= 15 is 0 Å². The monoisotopic (exact) mass is 581 g/mol. The topological polar surface area (TPSA) is 93.3 Å². The number of likely N-dealkylation sites (tertiary alicyclic amines) is 1. The molecule has 2 fully saturated rings. The van der Waals surface area contributed by atoms with Crippen molar-refractivity contribution in [2.24, 2.45) is 0 Å². The lowest BCUT2D eigenvalue weighted by Crippen LogP contribution is -2.33. The highest BCUT2D eigenvalue weighted by molar-refractivity contribution is 5.98. The molecule has 0 radical (unpaired) electrons. The first-order valence-corrected chi connectivity index (χ1v) is 15.0. The van der Waals surface area contributed by atoms with Gasteiger partial charge in [0.25, 0.3) is 0 Å². The lowest BCUT2D eigenvalue weighted by Gasteiger charge is -2.31. The summed E-state index contributed by atoms with van der Waals surface area (Å²) >= 11 is 0. The molecule has 3 heterocycles. The van der Waals surface area contributed by atoms with Gasteiger partial charge < -0.3 is 14.0 Å². The quantitative estimate of drug-likeness (QED) is 0.197. The molecule has 0 atom stereocenters. The van der Waals surface area contributed by atoms with Crippen LogP contribution >= 0.6 is 0 Å². The Kier molecular flexibility index (Phi) is 8.50. The van der Waals surface area contributed by atoms with Crippen LogP contribution in [0, 0.1) is 17.1 Å². The second-order valence-electron chi connectivity index (χ2n) is 11.6. The van der Waals surface area contributed by atoms with Crippen molar-refractivity contribution in [3.8, 4) is 11.9 Å². The molecule has 2 aromatic carbocycles. The number of nitriles is 1. The van der Waals surface area contributed by atoms with Crippen molar-refractivity contribution < 1.29 is 18.7 Å². The fourth-order valence-electron chi connectivity index (χ4n) is 5.97. The van der Waals surface area contributed by atoms with E-state index in [0.717, 1.165) is 73.4 Å². The highest BCUT2D eigenvalue weighted by Crippen LogP contribution is 2.43. The van der Waals surface area contributed by atoms with Gasteiger partial charge in [-0.25, -0.2) is 14.4 Å². The lowest BCUT2D eigenvalue weighted by molar-refractivity contribution is 0.101. The molecule has 8 nitrogen and oxygen atoms in total. The molecule has 9 heteroatoms. The van der Waals surface area contributed by atoms with Crippen LogP contribution in [0.15, 0.2) is 48.5 Å². The van der Waals surface area contributed by atoms with Gasteiger partial charge in [0.1, 0.15) is 18.2 Å². The standard InChI is InChI=1S/C34H36FN5O3/c1-22(41)27-17-28(24-8-9-24)34-31(18-27)40(14-15-42-2)32(38-34)20-39-12-10-25(11-13-39)30-4-3-5-33(37-30)43-21-26-7-6-23(19-36)16-29(26)35/h3-7,16-18,24-25H,8-15,20-21H2,1-2H3. The van der Waals surface area contributed by atoms with E-state index in [0.29, 0.717) is 36.4 Å². The van der Waals surface area contributed by atoms with Crippen molar-refractivity contribution in [1.29, 1.82) is 5.26 Å². The van der Waals surface area contributed by atoms with Crippen molar-refractivity contribution in [3.63, 3.8) is 0 Å². The number of carbonyl (C=O) groups is 1. The highest BCUT2D eigenvalue weighted by atomic mass is 19.1. The van der Waals surface area contributed by atoms with Crippen molar-refractivity contribution in [2.75, 3.05) is 26.8 Å². The summed E-state index contributed by atoms with van der Waals surface area (Å²) in [5.74, 6) is 1.89. The van der Waals surface area contributed by atoms with Gasteiger partial charge in [0.2, 0.25) is 5.88 Å². The molecule has 0 unspecified atom stereocenters. The van der Waals surface area contributed by atoms with Gasteiger partial charge in [0.15, 0.2) is 5.78 Å². The van der Waals surface area contributed by atoms with Gasteiger partial charge in [0.05, 0.1) is 35.8 Å². The molecule has 1 saturated carbocycles. The second-order valence-corrected chi connectivity index (χ2v) is 11.6. The first-order chi connectivity index (χ1) is 20.9. The predicted molar refractivity (Wildman–Crippen MR) is 161 cm³/mol. The smallest absolute Gasteiger partial charge is 0.213 e. The van der Waals surface area contributed by atoms with Crippen molar-refractivity contribution in [2.45, 2.75) is 64.1 Å². The Balaban J connectivity index is 1.13. The number of hydrogen-bond acceptors (Lipinski definition) is 7. The zero-order valence-electron chi connectivity index (χ0n) is 24.7. The molecule has 43 heavy (non-hydrogen) atoms. The van der Waals surface area contributed by atoms with Crippen LogP contribution in [0.4, 0.5) is 4.39 Å². The van der Waals surface area contributed by atoms with Crippen molar-refractivity contribution >= 4 is 16.8 Å². The van der Waals surface area contributed by atoms with Crippen molar-refractivity contribution in [3.05, 3.63) is 88.1 Å². The van der Waals surface area contributed by atoms with E-state index < -0.39 is 5.82 Å². The Labute approximate surface area is 251 Å². The molecule has 2 aliphatic rings. The molecule has 0 bridgehead atoms. The molecule has 0 spiro atoms. The minimum atomic E-state index is -0.457. The van der Waals surface area contributed by atoms with Crippen LogP contribution in [0.3, 0.4) is 0 Å². The van der Waals surface area contributed by atoms with Crippen LogP contribution in [-0.4, -0.2) is 52.0 Å². The summed E-state index contributed by atoms with van der Waals surface area (Å²) in [4.78, 5) is 24.7. The number of aromatic nitrogens is 3. The number of hydrogen-bond donors (Lipinski definition) is 0. The number of ketones is 1. The first-order valence-electron chi connectivity index (χ1n) is 15.0. The number of imidazole rings is 1. The van der Waals surface area contributed by atoms with Crippen LogP contribution in [0.1, 0.15) is 83.0 Å². The zero-order chi connectivity index (χ0) is 29.9. The fraction of sp³-hybridized carbons (Fsp3) is 0.412. The summed E-state index contributed by atoms with van der Waals surface area (Å²) in [5, 5.41) is 8.95. The number of Topliss-reactive ketones (excluding diaryl/α,β-unsaturated/α-hetero) is 1. The third kappa shape index (κ3) is 6.46. The Morgan fingerprint density at radius 2 is 1.88 bits per heavy atom. The van der Waals surface area contributed by atoms with Gasteiger partial charge in [-0.1, -0.05) is 12.1 Å². The van der Waals surface area contributed by atoms with Gasteiger partial charge in [-0.2, -0.15) is 5.26 Å². The lowest BCUT2D eigenvalue weighted by atomic mass is 9.93. The number of pyridine rings is 1. The van der Waals surface area contributed by atoms with Crippen LogP contribution in [-0.2, 0) is 24.4 Å². The highest BCUT2D eigenvalue weighted by Gasteiger charge is 2.30. The van der Waals surface area contributed by atoms with E-state index in [-0.39, 0.29) is 18.0 Å². The number of benzene rings is 2. The summed E-state index contributed by atoms with van der Waals surface area (Å²) in [7, 11) is 1.71. The maximum Gasteiger partial charge on any atom is 0.213 e. The van der Waals surface area contributed by atoms with E-state index in [1.54, 1.807) is 32.2 Å². The summed E-state index contributed by atoms with van der Waals surface area (Å²) in [5.41, 5.74) is 5.65. The second kappa shape index (κ2) is 12.6. The number of rotatable bonds is 11. The molecular formula is C34H36FN5O3. The molecule has 1 aliphatic carbocycles. The largest absolute Gasteiger partial charge is 0.473 e. The molecule has 0 amide bonds. The molecule has 6 rings (SSSR count). The molecule has 2 aromatic heterocycles. The number of halogens is 1. The molecule has 4 aromatic rings. The molecular weight excluding hydrogens is 545 g/mol. The number of carbonyl (C=O) groups excluding carboxylic acids is 1. The van der Waals surface area contributed by atoms with Gasteiger partial charge >= 0.3 is 0 Å². The van der Waals surface area contributed by atoms with Crippen LogP contribution < -0.4 is 4.74 Å². The van der Waals surface area contributed by atoms with Crippen LogP contribution in [0.25, 0.3) is 11.0 Å². The van der Waals surface area contributed by atoms with Gasteiger partial charge in [0, 0.05) is 42.5 Å². The Morgan fingerprint density at radius 3 is 2.58 bits per heavy atom. The molecule has 1 saturated heterocycles.